The number of alkyl halides is 3. The monoisotopic (exact) mass is 497 g/mol. The van der Waals surface area contributed by atoms with Gasteiger partial charge in [0.15, 0.2) is 0 Å². The normalized spacial score (nSPS) is 18.4. The third kappa shape index (κ3) is 6.33. The lowest BCUT2D eigenvalue weighted by molar-refractivity contribution is -0.141. The Hall–Kier alpha value is -3.16. The molecule has 3 aromatic rings. The van der Waals surface area contributed by atoms with Crippen LogP contribution < -0.4 is 0 Å². The van der Waals surface area contributed by atoms with Gasteiger partial charge in [0.05, 0.1) is 18.3 Å². The van der Waals surface area contributed by atoms with Crippen molar-refractivity contribution in [3.63, 3.8) is 0 Å². The third-order valence-electron chi connectivity index (χ3n) is 6.70. The molecule has 4 nitrogen and oxygen atoms in total. The minimum atomic E-state index is -4.37. The number of hydrogen-bond acceptors (Lipinski definition) is 3. The summed E-state index contributed by atoms with van der Waals surface area (Å²) in [5.74, 6) is -0.148. The number of nitrogens with zero attached hydrogens (tertiary/aromatic N) is 1. The molecule has 0 N–H and O–H groups in total. The molecule has 0 radical (unpaired) electrons. The van der Waals surface area contributed by atoms with Crippen molar-refractivity contribution < 1.29 is 27.4 Å². The van der Waals surface area contributed by atoms with Crippen LogP contribution in [0.2, 0.25) is 0 Å². The van der Waals surface area contributed by atoms with Gasteiger partial charge in [0.2, 0.25) is 5.91 Å². The largest absolute Gasteiger partial charge is 0.416 e. The van der Waals surface area contributed by atoms with E-state index in [4.69, 9.17) is 9.47 Å². The topological polar surface area (TPSA) is 38.8 Å². The average molecular weight is 498 g/mol. The van der Waals surface area contributed by atoms with E-state index >= 15 is 0 Å². The molecule has 1 fully saturated rings. The zero-order chi connectivity index (χ0) is 25.5. The summed E-state index contributed by atoms with van der Waals surface area (Å²) in [6.45, 7) is 1.24. The number of methoxy groups -OCH3 is 1. The molecule has 0 spiro atoms. The molecule has 7 heteroatoms. The SMILES string of the molecule is COCC(=O)N1CC[C@@H](OCc2ccc(C(F)(F)F)cc2)[C@@H](C(c2ccccc2)c2ccccc2)C1. The summed E-state index contributed by atoms with van der Waals surface area (Å²) in [5, 5.41) is 0. The number of ether oxygens (including phenoxy) is 2. The van der Waals surface area contributed by atoms with Gasteiger partial charge in [0, 0.05) is 32.0 Å². The van der Waals surface area contributed by atoms with Crippen LogP contribution in [-0.4, -0.2) is 43.7 Å². The fourth-order valence-corrected chi connectivity index (χ4v) is 4.93. The van der Waals surface area contributed by atoms with Crippen molar-refractivity contribution in [1.82, 2.24) is 4.90 Å². The number of piperidine rings is 1. The number of amides is 1. The van der Waals surface area contributed by atoms with Crippen LogP contribution in [0.15, 0.2) is 84.9 Å². The number of benzene rings is 3. The summed E-state index contributed by atoms with van der Waals surface area (Å²) in [6, 6.07) is 25.4. The van der Waals surface area contributed by atoms with Crippen LogP contribution in [0, 0.1) is 5.92 Å². The lowest BCUT2D eigenvalue weighted by atomic mass is 9.75. The van der Waals surface area contributed by atoms with Crippen LogP contribution in [0.1, 0.15) is 34.6 Å². The molecule has 4 rings (SSSR count). The fraction of sp³-hybridized carbons (Fsp3) is 0.345. The predicted octanol–water partition coefficient (Wildman–Crippen LogP) is 5.92. The zero-order valence-corrected chi connectivity index (χ0v) is 20.2. The smallest absolute Gasteiger partial charge is 0.375 e. The second-order valence-corrected chi connectivity index (χ2v) is 9.07. The van der Waals surface area contributed by atoms with E-state index in [0.29, 0.717) is 25.1 Å². The summed E-state index contributed by atoms with van der Waals surface area (Å²) < 4.78 is 50.3. The number of carbonyl (C=O) groups excluding carboxylic acids is 1. The Morgan fingerprint density at radius 2 is 1.53 bits per heavy atom. The standard InChI is InChI=1S/C29H30F3NO3/c1-35-20-27(34)33-17-16-26(36-19-21-12-14-24(15-13-21)29(30,31)32)25(18-33)28(22-8-4-2-5-9-22)23-10-6-3-7-11-23/h2-15,25-26,28H,16-20H2,1H3/t25-,26+/m0/s1. The summed E-state index contributed by atoms with van der Waals surface area (Å²) in [5.41, 5.74) is 2.24. The Labute approximate surface area is 209 Å². The molecule has 3 aromatic carbocycles. The van der Waals surface area contributed by atoms with E-state index < -0.39 is 11.7 Å². The molecule has 1 aliphatic heterocycles. The highest BCUT2D eigenvalue weighted by molar-refractivity contribution is 5.77. The summed E-state index contributed by atoms with van der Waals surface area (Å²) in [6.07, 6.45) is -3.94. The highest BCUT2D eigenvalue weighted by Gasteiger charge is 2.38. The summed E-state index contributed by atoms with van der Waals surface area (Å²) in [4.78, 5) is 14.5. The molecule has 1 saturated heterocycles. The van der Waals surface area contributed by atoms with Crippen LogP contribution in [0.3, 0.4) is 0 Å². The van der Waals surface area contributed by atoms with Gasteiger partial charge in [-0.25, -0.2) is 0 Å². The van der Waals surface area contributed by atoms with Gasteiger partial charge in [-0.05, 0) is 35.2 Å². The van der Waals surface area contributed by atoms with E-state index in [1.807, 2.05) is 41.3 Å². The molecule has 36 heavy (non-hydrogen) atoms. The van der Waals surface area contributed by atoms with Crippen LogP contribution in [0.25, 0.3) is 0 Å². The molecular weight excluding hydrogens is 467 g/mol. The molecule has 1 aliphatic rings. The maximum absolute atomic E-state index is 12.9. The van der Waals surface area contributed by atoms with Gasteiger partial charge < -0.3 is 14.4 Å². The van der Waals surface area contributed by atoms with Gasteiger partial charge in [0.25, 0.3) is 0 Å². The fourth-order valence-electron chi connectivity index (χ4n) is 4.93. The number of carbonyl (C=O) groups is 1. The van der Waals surface area contributed by atoms with Gasteiger partial charge in [-0.3, -0.25) is 4.79 Å². The quantitative estimate of drug-likeness (QED) is 0.388. The van der Waals surface area contributed by atoms with E-state index in [0.717, 1.165) is 23.3 Å². The molecular formula is C29H30F3NO3. The molecule has 1 amide bonds. The van der Waals surface area contributed by atoms with Crippen LogP contribution in [0.4, 0.5) is 13.2 Å². The molecule has 1 heterocycles. The van der Waals surface area contributed by atoms with Crippen molar-refractivity contribution in [3.05, 3.63) is 107 Å². The van der Waals surface area contributed by atoms with Crippen molar-refractivity contribution in [3.8, 4) is 0 Å². The van der Waals surface area contributed by atoms with E-state index in [2.05, 4.69) is 24.3 Å². The second kappa shape index (κ2) is 11.7. The summed E-state index contributed by atoms with van der Waals surface area (Å²) >= 11 is 0. The number of likely N-dealkylation sites (tertiary alicyclic amines) is 1. The number of rotatable bonds is 8. The van der Waals surface area contributed by atoms with Crippen LogP contribution >= 0.6 is 0 Å². The van der Waals surface area contributed by atoms with E-state index in [1.165, 1.54) is 19.2 Å². The average Bonchev–Trinajstić information content (AvgIpc) is 2.89. The van der Waals surface area contributed by atoms with Crippen molar-refractivity contribution in [2.75, 3.05) is 26.8 Å². The minimum Gasteiger partial charge on any atom is -0.375 e. The van der Waals surface area contributed by atoms with Gasteiger partial charge in [-0.2, -0.15) is 13.2 Å². The van der Waals surface area contributed by atoms with Crippen molar-refractivity contribution >= 4 is 5.91 Å². The Balaban J connectivity index is 1.61. The first-order valence-corrected chi connectivity index (χ1v) is 12.0. The molecule has 0 unspecified atom stereocenters. The molecule has 0 saturated carbocycles. The lowest BCUT2D eigenvalue weighted by Gasteiger charge is -2.42. The maximum atomic E-state index is 12.9. The van der Waals surface area contributed by atoms with Gasteiger partial charge >= 0.3 is 6.18 Å². The first-order chi connectivity index (χ1) is 17.4. The first kappa shape index (κ1) is 25.9. The third-order valence-corrected chi connectivity index (χ3v) is 6.70. The predicted molar refractivity (Wildman–Crippen MR) is 131 cm³/mol. The highest BCUT2D eigenvalue weighted by Crippen LogP contribution is 2.39. The van der Waals surface area contributed by atoms with Gasteiger partial charge in [0.1, 0.15) is 6.61 Å². The van der Waals surface area contributed by atoms with Crippen LogP contribution in [-0.2, 0) is 27.1 Å². The van der Waals surface area contributed by atoms with E-state index in [-0.39, 0.29) is 37.1 Å². The molecule has 0 aliphatic carbocycles. The van der Waals surface area contributed by atoms with Crippen molar-refractivity contribution in [2.24, 2.45) is 5.92 Å². The van der Waals surface area contributed by atoms with Crippen molar-refractivity contribution in [1.29, 1.82) is 0 Å². The highest BCUT2D eigenvalue weighted by atomic mass is 19.4. The lowest BCUT2D eigenvalue weighted by Crippen LogP contribution is -2.49. The Morgan fingerprint density at radius 1 is 0.944 bits per heavy atom. The number of hydrogen-bond donors (Lipinski definition) is 0. The Kier molecular flexibility index (Phi) is 8.44. The Morgan fingerprint density at radius 3 is 2.06 bits per heavy atom. The minimum absolute atomic E-state index is 0.0190. The maximum Gasteiger partial charge on any atom is 0.416 e. The van der Waals surface area contributed by atoms with Gasteiger partial charge in [-0.1, -0.05) is 72.8 Å². The van der Waals surface area contributed by atoms with Crippen molar-refractivity contribution in [2.45, 2.75) is 31.2 Å². The Bertz CT molecular complexity index is 1060. The van der Waals surface area contributed by atoms with Crippen LogP contribution in [0.5, 0.6) is 0 Å². The second-order valence-electron chi connectivity index (χ2n) is 9.07. The van der Waals surface area contributed by atoms with E-state index in [9.17, 15) is 18.0 Å². The summed E-state index contributed by atoms with van der Waals surface area (Å²) in [7, 11) is 1.51. The molecule has 0 aromatic heterocycles. The van der Waals surface area contributed by atoms with Gasteiger partial charge in [-0.15, -0.1) is 0 Å². The number of halogens is 3. The first-order valence-electron chi connectivity index (χ1n) is 12.0. The zero-order valence-electron chi connectivity index (χ0n) is 20.2. The molecule has 190 valence electrons. The molecule has 2 atom stereocenters. The van der Waals surface area contributed by atoms with E-state index in [1.54, 1.807) is 0 Å². The molecule has 0 bridgehead atoms.